The molecular weight excluding hydrogens is 336 g/mol. The molecule has 4 nitrogen and oxygen atoms in total. The van der Waals surface area contributed by atoms with Crippen LogP contribution < -0.4 is 10.1 Å². The predicted molar refractivity (Wildman–Crippen MR) is 108 cm³/mol. The fraction of sp³-hybridized carbons (Fsp3) is 0.217. The van der Waals surface area contributed by atoms with Crippen LogP contribution in [0.1, 0.15) is 35.3 Å². The Morgan fingerprint density at radius 1 is 1.04 bits per heavy atom. The number of aromatic nitrogens is 1. The molecule has 1 heterocycles. The van der Waals surface area contributed by atoms with Crippen LogP contribution in [0.15, 0.2) is 72.9 Å². The highest BCUT2D eigenvalue weighted by Gasteiger charge is 2.15. The molecule has 27 heavy (non-hydrogen) atoms. The first-order valence-electron chi connectivity index (χ1n) is 9.14. The Hall–Kier alpha value is -3.14. The number of pyridine rings is 1. The van der Waals surface area contributed by atoms with Gasteiger partial charge in [0.2, 0.25) is 0 Å². The second kappa shape index (κ2) is 8.99. The molecule has 1 aromatic heterocycles. The minimum absolute atomic E-state index is 0.0699. The predicted octanol–water partition coefficient (Wildman–Crippen LogP) is 4.96. The van der Waals surface area contributed by atoms with Crippen LogP contribution in [0.4, 0.5) is 5.82 Å². The summed E-state index contributed by atoms with van der Waals surface area (Å²) in [6, 6.07) is 20.8. The molecule has 0 aliphatic heterocycles. The van der Waals surface area contributed by atoms with Gasteiger partial charge in [-0.25, -0.2) is 4.98 Å². The lowest BCUT2D eigenvalue weighted by molar-refractivity contribution is 0.103. The highest BCUT2D eigenvalue weighted by Crippen LogP contribution is 2.21. The molecule has 1 N–H and O–H groups in total. The summed E-state index contributed by atoms with van der Waals surface area (Å²) in [5.41, 5.74) is 2.24. The first-order chi connectivity index (χ1) is 13.1. The lowest BCUT2D eigenvalue weighted by Gasteiger charge is -2.12. The largest absolute Gasteiger partial charge is 0.489 e. The van der Waals surface area contributed by atoms with Gasteiger partial charge in [-0.05, 0) is 35.7 Å². The maximum Gasteiger partial charge on any atom is 0.196 e. The lowest BCUT2D eigenvalue weighted by Crippen LogP contribution is -2.13. The maximum absolute atomic E-state index is 13.0. The van der Waals surface area contributed by atoms with E-state index in [1.54, 1.807) is 30.5 Å². The number of anilines is 1. The number of carbonyl (C=O) groups is 1. The normalized spacial score (nSPS) is 10.6. The van der Waals surface area contributed by atoms with Gasteiger partial charge in [-0.2, -0.15) is 0 Å². The summed E-state index contributed by atoms with van der Waals surface area (Å²) in [6.45, 7) is 5.46. The molecule has 3 aromatic rings. The fourth-order valence-electron chi connectivity index (χ4n) is 2.65. The van der Waals surface area contributed by atoms with Crippen LogP contribution in [0, 0.1) is 5.92 Å². The summed E-state index contributed by atoms with van der Waals surface area (Å²) in [4.78, 5) is 17.3. The number of hydrogen-bond acceptors (Lipinski definition) is 4. The van der Waals surface area contributed by atoms with Crippen LogP contribution in [-0.4, -0.2) is 17.3 Å². The van der Waals surface area contributed by atoms with Crippen LogP contribution in [0.5, 0.6) is 5.75 Å². The van der Waals surface area contributed by atoms with Crippen molar-refractivity contribution in [3.05, 3.63) is 89.6 Å². The molecule has 0 aliphatic carbocycles. The zero-order valence-corrected chi connectivity index (χ0v) is 15.7. The molecule has 0 atom stereocenters. The summed E-state index contributed by atoms with van der Waals surface area (Å²) >= 11 is 0. The van der Waals surface area contributed by atoms with Crippen LogP contribution in [0.3, 0.4) is 0 Å². The van der Waals surface area contributed by atoms with Gasteiger partial charge in [0.1, 0.15) is 18.2 Å². The fourth-order valence-corrected chi connectivity index (χ4v) is 2.65. The van der Waals surface area contributed by atoms with E-state index in [1.807, 2.05) is 42.5 Å². The van der Waals surface area contributed by atoms with E-state index in [0.29, 0.717) is 35.2 Å². The number of hydrogen-bond donors (Lipinski definition) is 1. The number of benzene rings is 2. The van der Waals surface area contributed by atoms with Crippen LogP contribution in [0.25, 0.3) is 0 Å². The molecular formula is C23H24N2O2. The summed E-state index contributed by atoms with van der Waals surface area (Å²) in [5.74, 6) is 1.68. The summed E-state index contributed by atoms with van der Waals surface area (Å²) in [5, 5.41) is 3.26. The molecule has 0 amide bonds. The first-order valence-corrected chi connectivity index (χ1v) is 9.14. The zero-order chi connectivity index (χ0) is 19.1. The van der Waals surface area contributed by atoms with Crippen LogP contribution >= 0.6 is 0 Å². The third-order valence-corrected chi connectivity index (χ3v) is 4.07. The van der Waals surface area contributed by atoms with Crippen molar-refractivity contribution in [1.29, 1.82) is 0 Å². The second-order valence-electron chi connectivity index (χ2n) is 6.81. The van der Waals surface area contributed by atoms with Crippen molar-refractivity contribution in [2.24, 2.45) is 5.92 Å². The lowest BCUT2D eigenvalue weighted by atomic mass is 10.0. The smallest absolute Gasteiger partial charge is 0.196 e. The van der Waals surface area contributed by atoms with Crippen molar-refractivity contribution < 1.29 is 9.53 Å². The standard InChI is InChI=1S/C23H24N2O2/c1-17(2)15-25-23-21(12-7-13-24-23)22(26)19-10-6-11-20(14-19)27-16-18-8-4-3-5-9-18/h3-14,17H,15-16H2,1-2H3,(H,24,25). The molecule has 4 heteroatoms. The minimum Gasteiger partial charge on any atom is -0.489 e. The Morgan fingerprint density at radius 2 is 1.85 bits per heavy atom. The number of nitrogens with one attached hydrogen (secondary N) is 1. The maximum atomic E-state index is 13.0. The van der Waals surface area contributed by atoms with Gasteiger partial charge in [0.25, 0.3) is 0 Å². The SMILES string of the molecule is CC(C)CNc1ncccc1C(=O)c1cccc(OCc2ccccc2)c1. The molecule has 0 unspecified atom stereocenters. The van der Waals surface area contributed by atoms with Crippen molar-refractivity contribution in [2.75, 3.05) is 11.9 Å². The van der Waals surface area contributed by atoms with E-state index in [-0.39, 0.29) is 5.78 Å². The van der Waals surface area contributed by atoms with E-state index in [0.717, 1.165) is 12.1 Å². The monoisotopic (exact) mass is 360 g/mol. The molecule has 0 bridgehead atoms. The quantitative estimate of drug-likeness (QED) is 0.577. The molecule has 0 aliphatic rings. The van der Waals surface area contributed by atoms with Crippen molar-refractivity contribution >= 4 is 11.6 Å². The van der Waals surface area contributed by atoms with Gasteiger partial charge in [-0.15, -0.1) is 0 Å². The topological polar surface area (TPSA) is 51.2 Å². The van der Waals surface area contributed by atoms with E-state index < -0.39 is 0 Å². The number of nitrogens with zero attached hydrogens (tertiary/aromatic N) is 1. The molecule has 2 aromatic carbocycles. The van der Waals surface area contributed by atoms with Crippen LogP contribution in [0.2, 0.25) is 0 Å². The van der Waals surface area contributed by atoms with Crippen molar-refractivity contribution in [3.63, 3.8) is 0 Å². The number of ether oxygens (including phenoxy) is 1. The molecule has 0 fully saturated rings. The molecule has 138 valence electrons. The second-order valence-corrected chi connectivity index (χ2v) is 6.81. The highest BCUT2D eigenvalue weighted by molar-refractivity contribution is 6.12. The third-order valence-electron chi connectivity index (χ3n) is 4.07. The summed E-state index contributed by atoms with van der Waals surface area (Å²) < 4.78 is 5.84. The summed E-state index contributed by atoms with van der Waals surface area (Å²) in [7, 11) is 0. The Morgan fingerprint density at radius 3 is 2.63 bits per heavy atom. The number of rotatable bonds is 8. The van der Waals surface area contributed by atoms with Crippen molar-refractivity contribution in [3.8, 4) is 5.75 Å². The molecule has 0 radical (unpaired) electrons. The Kier molecular flexibility index (Phi) is 6.21. The van der Waals surface area contributed by atoms with Gasteiger partial charge in [-0.3, -0.25) is 4.79 Å². The van der Waals surface area contributed by atoms with E-state index in [2.05, 4.69) is 24.1 Å². The Bertz CT molecular complexity index is 892. The van der Waals surface area contributed by atoms with Crippen molar-refractivity contribution in [1.82, 2.24) is 4.98 Å². The number of carbonyl (C=O) groups excluding carboxylic acids is 1. The van der Waals surface area contributed by atoms with E-state index in [9.17, 15) is 4.79 Å². The zero-order valence-electron chi connectivity index (χ0n) is 15.7. The molecule has 0 spiro atoms. The van der Waals surface area contributed by atoms with E-state index in [4.69, 9.17) is 4.74 Å². The molecule has 0 saturated carbocycles. The third kappa shape index (κ3) is 5.17. The van der Waals surface area contributed by atoms with Gasteiger partial charge >= 0.3 is 0 Å². The van der Waals surface area contributed by atoms with Crippen molar-refractivity contribution in [2.45, 2.75) is 20.5 Å². The Balaban J connectivity index is 1.76. The van der Waals surface area contributed by atoms with E-state index in [1.165, 1.54) is 0 Å². The number of ketones is 1. The van der Waals surface area contributed by atoms with Gasteiger partial charge < -0.3 is 10.1 Å². The molecule has 3 rings (SSSR count). The highest BCUT2D eigenvalue weighted by atomic mass is 16.5. The minimum atomic E-state index is -0.0699. The Labute approximate surface area is 160 Å². The van der Waals surface area contributed by atoms with Gasteiger partial charge in [0.05, 0.1) is 5.56 Å². The van der Waals surface area contributed by atoms with Crippen LogP contribution in [-0.2, 0) is 6.61 Å². The first kappa shape index (κ1) is 18.6. The average Bonchev–Trinajstić information content (AvgIpc) is 2.71. The van der Waals surface area contributed by atoms with Gasteiger partial charge in [0, 0.05) is 18.3 Å². The molecule has 0 saturated heterocycles. The van der Waals surface area contributed by atoms with Gasteiger partial charge in [-0.1, -0.05) is 56.3 Å². The average molecular weight is 360 g/mol. The van der Waals surface area contributed by atoms with E-state index >= 15 is 0 Å². The van der Waals surface area contributed by atoms with Gasteiger partial charge in [0.15, 0.2) is 5.78 Å². The summed E-state index contributed by atoms with van der Waals surface area (Å²) in [6.07, 6.45) is 1.69.